The van der Waals surface area contributed by atoms with E-state index in [0.29, 0.717) is 30.6 Å². The van der Waals surface area contributed by atoms with Crippen molar-refractivity contribution < 1.29 is 13.9 Å². The maximum Gasteiger partial charge on any atom is 0.163 e. The molecule has 25 heavy (non-hydrogen) atoms. The Morgan fingerprint density at radius 3 is 2.16 bits per heavy atom. The fraction of sp³-hybridized carbons (Fsp3) is 0.111. The fourth-order valence-corrected chi connectivity index (χ4v) is 2.44. The second-order valence-electron chi connectivity index (χ2n) is 5.40. The van der Waals surface area contributed by atoms with Gasteiger partial charge < -0.3 is 20.1 Å². The fourth-order valence-electron chi connectivity index (χ4n) is 2.44. The molecule has 2 heterocycles. The molecule has 0 radical (unpaired) electrons. The van der Waals surface area contributed by atoms with Crippen molar-refractivity contribution in [3.8, 4) is 11.5 Å². The van der Waals surface area contributed by atoms with Crippen LogP contribution in [-0.2, 0) is 0 Å². The summed E-state index contributed by atoms with van der Waals surface area (Å²) in [6.45, 7) is 1.10. The van der Waals surface area contributed by atoms with Crippen molar-refractivity contribution in [2.75, 3.05) is 23.8 Å². The van der Waals surface area contributed by atoms with Gasteiger partial charge in [-0.05, 0) is 36.4 Å². The average molecular weight is 338 g/mol. The van der Waals surface area contributed by atoms with E-state index in [1.165, 1.54) is 18.5 Å². The summed E-state index contributed by atoms with van der Waals surface area (Å²) in [4.78, 5) is 8.38. The monoisotopic (exact) mass is 338 g/mol. The zero-order valence-electron chi connectivity index (χ0n) is 13.2. The molecule has 3 aromatic rings. The van der Waals surface area contributed by atoms with Gasteiger partial charge in [-0.25, -0.2) is 14.4 Å². The van der Waals surface area contributed by atoms with Gasteiger partial charge in [-0.1, -0.05) is 0 Å². The van der Waals surface area contributed by atoms with E-state index < -0.39 is 0 Å². The minimum Gasteiger partial charge on any atom is -0.486 e. The topological polar surface area (TPSA) is 68.3 Å². The molecular weight excluding hydrogens is 323 g/mol. The van der Waals surface area contributed by atoms with Gasteiger partial charge in [0.05, 0.1) is 0 Å². The van der Waals surface area contributed by atoms with Gasteiger partial charge in [-0.2, -0.15) is 0 Å². The smallest absolute Gasteiger partial charge is 0.163 e. The van der Waals surface area contributed by atoms with Crippen LogP contribution in [0.1, 0.15) is 0 Å². The van der Waals surface area contributed by atoms with Gasteiger partial charge in [0.2, 0.25) is 0 Å². The van der Waals surface area contributed by atoms with Crippen LogP contribution in [0.3, 0.4) is 0 Å². The Morgan fingerprint density at radius 1 is 0.760 bits per heavy atom. The molecule has 0 amide bonds. The van der Waals surface area contributed by atoms with E-state index in [1.807, 2.05) is 18.2 Å². The number of nitrogens with one attached hydrogen (secondary N) is 2. The number of benzene rings is 2. The zero-order valence-corrected chi connectivity index (χ0v) is 13.2. The highest BCUT2D eigenvalue weighted by molar-refractivity contribution is 5.65. The number of rotatable bonds is 4. The van der Waals surface area contributed by atoms with E-state index in [4.69, 9.17) is 9.47 Å². The molecule has 0 aliphatic carbocycles. The molecule has 1 aliphatic heterocycles. The van der Waals surface area contributed by atoms with E-state index in [0.717, 1.165) is 17.1 Å². The molecule has 0 atom stereocenters. The Kier molecular flexibility index (Phi) is 4.04. The Bertz CT molecular complexity index is 886. The van der Waals surface area contributed by atoms with Crippen LogP contribution in [0.4, 0.5) is 27.4 Å². The first-order chi connectivity index (χ1) is 12.3. The van der Waals surface area contributed by atoms with E-state index in [9.17, 15) is 4.39 Å². The van der Waals surface area contributed by atoms with Gasteiger partial charge in [0.25, 0.3) is 0 Å². The first-order valence-electron chi connectivity index (χ1n) is 7.77. The van der Waals surface area contributed by atoms with Crippen LogP contribution in [0.5, 0.6) is 11.5 Å². The molecule has 2 aromatic carbocycles. The number of hydrogen-bond acceptors (Lipinski definition) is 6. The number of fused-ring (bicyclic) bond motifs is 1. The maximum atomic E-state index is 13.0. The van der Waals surface area contributed by atoms with Gasteiger partial charge in [-0.3, -0.25) is 0 Å². The van der Waals surface area contributed by atoms with E-state index in [-0.39, 0.29) is 5.82 Å². The van der Waals surface area contributed by atoms with Gasteiger partial charge in [0.15, 0.2) is 11.5 Å². The van der Waals surface area contributed by atoms with Crippen molar-refractivity contribution >= 4 is 23.0 Å². The third-order valence-electron chi connectivity index (χ3n) is 3.60. The number of anilines is 4. The van der Waals surface area contributed by atoms with Gasteiger partial charge in [0.1, 0.15) is 37.0 Å². The molecule has 0 saturated heterocycles. The quantitative estimate of drug-likeness (QED) is 0.752. The van der Waals surface area contributed by atoms with Crippen LogP contribution in [0.2, 0.25) is 0 Å². The molecule has 1 aromatic heterocycles. The second kappa shape index (κ2) is 6.64. The lowest BCUT2D eigenvalue weighted by Crippen LogP contribution is -2.15. The molecule has 0 bridgehead atoms. The molecule has 7 heteroatoms. The van der Waals surface area contributed by atoms with Crippen molar-refractivity contribution in [2.45, 2.75) is 0 Å². The standard InChI is InChI=1S/C18H15FN4O2/c19-12-1-3-13(4-2-12)22-17-10-18(21-11-20-17)23-14-5-6-15-16(9-14)25-8-7-24-15/h1-6,9-11H,7-8H2,(H2,20,21,22,23). The highest BCUT2D eigenvalue weighted by Gasteiger charge is 2.12. The summed E-state index contributed by atoms with van der Waals surface area (Å²) < 4.78 is 24.1. The van der Waals surface area contributed by atoms with Gasteiger partial charge in [0, 0.05) is 23.5 Å². The molecule has 6 nitrogen and oxygen atoms in total. The van der Waals surface area contributed by atoms with Crippen molar-refractivity contribution in [1.29, 1.82) is 0 Å². The third-order valence-corrected chi connectivity index (χ3v) is 3.60. The summed E-state index contributed by atoms with van der Waals surface area (Å²) in [6, 6.07) is 13.4. The van der Waals surface area contributed by atoms with Crippen molar-refractivity contribution in [1.82, 2.24) is 9.97 Å². The van der Waals surface area contributed by atoms with Crippen LogP contribution in [0, 0.1) is 5.82 Å². The summed E-state index contributed by atoms with van der Waals surface area (Å²) in [5, 5.41) is 6.31. The molecular formula is C18H15FN4O2. The van der Waals surface area contributed by atoms with Crippen LogP contribution < -0.4 is 20.1 Å². The molecule has 0 fully saturated rings. The maximum absolute atomic E-state index is 13.0. The lowest BCUT2D eigenvalue weighted by molar-refractivity contribution is 0.171. The highest BCUT2D eigenvalue weighted by Crippen LogP contribution is 2.33. The number of hydrogen-bond donors (Lipinski definition) is 2. The van der Waals surface area contributed by atoms with E-state index in [2.05, 4.69) is 20.6 Å². The van der Waals surface area contributed by atoms with Crippen LogP contribution in [-0.4, -0.2) is 23.2 Å². The van der Waals surface area contributed by atoms with E-state index in [1.54, 1.807) is 18.2 Å². The molecule has 0 unspecified atom stereocenters. The number of aromatic nitrogens is 2. The summed E-state index contributed by atoms with van der Waals surface area (Å²) in [5.41, 5.74) is 1.57. The molecule has 1 aliphatic rings. The SMILES string of the molecule is Fc1ccc(Nc2cc(Nc3ccc4c(c3)OCCO4)ncn2)cc1. The minimum absolute atomic E-state index is 0.283. The third kappa shape index (κ3) is 3.60. The number of ether oxygens (including phenoxy) is 2. The van der Waals surface area contributed by atoms with Crippen molar-refractivity contribution in [3.05, 3.63) is 60.7 Å². The van der Waals surface area contributed by atoms with E-state index >= 15 is 0 Å². The molecule has 4 rings (SSSR count). The molecule has 126 valence electrons. The van der Waals surface area contributed by atoms with Crippen LogP contribution >= 0.6 is 0 Å². The van der Waals surface area contributed by atoms with Gasteiger partial charge >= 0.3 is 0 Å². The molecule has 0 spiro atoms. The summed E-state index contributed by atoms with van der Waals surface area (Å²) in [7, 11) is 0. The van der Waals surface area contributed by atoms with Gasteiger partial charge in [-0.15, -0.1) is 0 Å². The first-order valence-corrected chi connectivity index (χ1v) is 7.77. The Hall–Kier alpha value is -3.35. The molecule has 2 N–H and O–H groups in total. The molecule has 0 saturated carbocycles. The average Bonchev–Trinajstić information content (AvgIpc) is 2.64. The highest BCUT2D eigenvalue weighted by atomic mass is 19.1. The second-order valence-corrected chi connectivity index (χ2v) is 5.40. The normalized spacial score (nSPS) is 12.5. The van der Waals surface area contributed by atoms with Crippen LogP contribution in [0.15, 0.2) is 54.9 Å². The summed E-state index contributed by atoms with van der Waals surface area (Å²) >= 11 is 0. The predicted octanol–water partition coefficient (Wildman–Crippen LogP) is 3.87. The minimum atomic E-state index is -0.283. The lowest BCUT2D eigenvalue weighted by Gasteiger charge is -2.19. The lowest BCUT2D eigenvalue weighted by atomic mass is 10.2. The summed E-state index contributed by atoms with van der Waals surface area (Å²) in [5.74, 6) is 2.38. The Morgan fingerprint density at radius 2 is 1.40 bits per heavy atom. The van der Waals surface area contributed by atoms with Crippen molar-refractivity contribution in [2.24, 2.45) is 0 Å². The number of halogens is 1. The first kappa shape index (κ1) is 15.2. The summed E-state index contributed by atoms with van der Waals surface area (Å²) in [6.07, 6.45) is 1.45. The predicted molar refractivity (Wildman–Crippen MR) is 92.4 cm³/mol. The number of nitrogens with zero attached hydrogens (tertiary/aromatic N) is 2. The van der Waals surface area contributed by atoms with Crippen molar-refractivity contribution in [3.63, 3.8) is 0 Å². The zero-order chi connectivity index (χ0) is 17.1. The Balaban J connectivity index is 1.50. The largest absolute Gasteiger partial charge is 0.486 e. The van der Waals surface area contributed by atoms with Crippen LogP contribution in [0.25, 0.3) is 0 Å². The Labute approximate surface area is 143 Å².